The number of sulfonamides is 1. The van der Waals surface area contributed by atoms with E-state index in [2.05, 4.69) is 21.2 Å². The van der Waals surface area contributed by atoms with E-state index in [0.29, 0.717) is 10.9 Å². The van der Waals surface area contributed by atoms with E-state index in [0.717, 1.165) is 0 Å². The number of hydrogen-bond donors (Lipinski definition) is 2. The number of primary sulfonamides is 1. The second-order valence-corrected chi connectivity index (χ2v) is 6.78. The third kappa shape index (κ3) is 4.40. The molecular formula is C11H15BrN2O3S. The predicted molar refractivity (Wildman–Crippen MR) is 73.6 cm³/mol. The number of halogens is 1. The lowest BCUT2D eigenvalue weighted by molar-refractivity contribution is -0.116. The molecule has 0 aromatic heterocycles. The van der Waals surface area contributed by atoms with Gasteiger partial charge in [0.05, 0.1) is 5.69 Å². The SMILES string of the molecule is CC(C)CC(=O)Nc1ccc(Br)cc1S(N)(=O)=O. The van der Waals surface area contributed by atoms with E-state index >= 15 is 0 Å². The standard InChI is InChI=1S/C11H15BrN2O3S/c1-7(2)5-11(15)14-9-4-3-8(12)6-10(9)18(13,16)17/h3-4,6-7H,5H2,1-2H3,(H,14,15)(H2,13,16,17). The van der Waals surface area contributed by atoms with E-state index in [1.807, 2.05) is 13.8 Å². The molecule has 1 aromatic rings. The smallest absolute Gasteiger partial charge is 0.240 e. The van der Waals surface area contributed by atoms with Crippen LogP contribution in [0.1, 0.15) is 20.3 Å². The first kappa shape index (κ1) is 15.1. The molecule has 7 heteroatoms. The highest BCUT2D eigenvalue weighted by molar-refractivity contribution is 9.10. The molecule has 18 heavy (non-hydrogen) atoms. The van der Waals surface area contributed by atoms with E-state index in [1.165, 1.54) is 12.1 Å². The Balaban J connectivity index is 3.06. The van der Waals surface area contributed by atoms with Crippen LogP contribution in [0.2, 0.25) is 0 Å². The maximum Gasteiger partial charge on any atom is 0.240 e. The lowest BCUT2D eigenvalue weighted by Crippen LogP contribution is -2.19. The van der Waals surface area contributed by atoms with Gasteiger partial charge in [0.2, 0.25) is 15.9 Å². The Hall–Kier alpha value is -0.920. The summed E-state index contributed by atoms with van der Waals surface area (Å²) in [5.74, 6) is -0.0457. The average Bonchev–Trinajstić information content (AvgIpc) is 2.17. The summed E-state index contributed by atoms with van der Waals surface area (Å²) in [5, 5.41) is 7.66. The molecule has 0 aliphatic heterocycles. The topological polar surface area (TPSA) is 89.3 Å². The zero-order chi connectivity index (χ0) is 13.9. The molecule has 0 aliphatic carbocycles. The number of nitrogens with two attached hydrogens (primary N) is 1. The summed E-state index contributed by atoms with van der Waals surface area (Å²) in [6, 6.07) is 4.50. The largest absolute Gasteiger partial charge is 0.325 e. The Bertz CT molecular complexity index is 555. The van der Waals surface area contributed by atoms with Crippen LogP contribution >= 0.6 is 15.9 Å². The van der Waals surface area contributed by atoms with Crippen molar-refractivity contribution in [2.75, 3.05) is 5.32 Å². The van der Waals surface area contributed by atoms with Gasteiger partial charge >= 0.3 is 0 Å². The molecule has 0 saturated heterocycles. The molecular weight excluding hydrogens is 320 g/mol. The van der Waals surface area contributed by atoms with Crippen molar-refractivity contribution in [3.05, 3.63) is 22.7 Å². The van der Waals surface area contributed by atoms with Crippen molar-refractivity contribution >= 4 is 37.5 Å². The number of carbonyl (C=O) groups excluding carboxylic acids is 1. The van der Waals surface area contributed by atoms with Crippen molar-refractivity contribution < 1.29 is 13.2 Å². The van der Waals surface area contributed by atoms with Crippen molar-refractivity contribution in [1.29, 1.82) is 0 Å². The van der Waals surface area contributed by atoms with E-state index < -0.39 is 10.0 Å². The minimum Gasteiger partial charge on any atom is -0.325 e. The van der Waals surface area contributed by atoms with Crippen LogP contribution in [0, 0.1) is 5.92 Å². The van der Waals surface area contributed by atoms with Crippen molar-refractivity contribution in [1.82, 2.24) is 0 Å². The van der Waals surface area contributed by atoms with Gasteiger partial charge < -0.3 is 5.32 Å². The fraction of sp³-hybridized carbons (Fsp3) is 0.364. The summed E-state index contributed by atoms with van der Waals surface area (Å²) in [4.78, 5) is 11.5. The van der Waals surface area contributed by atoms with Gasteiger partial charge in [-0.1, -0.05) is 29.8 Å². The highest BCUT2D eigenvalue weighted by Gasteiger charge is 2.16. The summed E-state index contributed by atoms with van der Waals surface area (Å²) in [7, 11) is -3.87. The first-order chi connectivity index (χ1) is 8.20. The van der Waals surface area contributed by atoms with Crippen LogP contribution in [0.3, 0.4) is 0 Å². The Morgan fingerprint density at radius 1 is 1.44 bits per heavy atom. The van der Waals surface area contributed by atoms with Gasteiger partial charge in [0.15, 0.2) is 0 Å². The van der Waals surface area contributed by atoms with E-state index in [4.69, 9.17) is 5.14 Å². The summed E-state index contributed by atoms with van der Waals surface area (Å²) in [6.07, 6.45) is 0.320. The average molecular weight is 335 g/mol. The first-order valence-corrected chi connectivity index (χ1v) is 7.66. The van der Waals surface area contributed by atoms with Crippen molar-refractivity contribution in [2.45, 2.75) is 25.2 Å². The zero-order valence-corrected chi connectivity index (χ0v) is 12.5. The Kier molecular flexibility index (Phi) is 4.89. The molecule has 0 radical (unpaired) electrons. The predicted octanol–water partition coefficient (Wildman–Crippen LogP) is 2.08. The molecule has 1 rings (SSSR count). The number of amides is 1. The summed E-state index contributed by atoms with van der Waals surface area (Å²) in [5.41, 5.74) is 0.200. The number of rotatable bonds is 4. The molecule has 0 atom stereocenters. The quantitative estimate of drug-likeness (QED) is 0.883. The molecule has 1 amide bonds. The fourth-order valence-corrected chi connectivity index (χ4v) is 2.64. The maximum atomic E-state index is 11.6. The van der Waals surface area contributed by atoms with Gasteiger partial charge in [-0.15, -0.1) is 0 Å². The van der Waals surface area contributed by atoms with Crippen LogP contribution in [0.25, 0.3) is 0 Å². The van der Waals surface area contributed by atoms with Gasteiger partial charge in [0, 0.05) is 10.9 Å². The molecule has 1 aromatic carbocycles. The molecule has 0 fully saturated rings. The Labute approximate surface area is 115 Å². The third-order valence-corrected chi connectivity index (χ3v) is 3.56. The molecule has 5 nitrogen and oxygen atoms in total. The van der Waals surface area contributed by atoms with E-state index in [1.54, 1.807) is 6.07 Å². The minimum absolute atomic E-state index is 0.103. The summed E-state index contributed by atoms with van der Waals surface area (Å²) in [6.45, 7) is 3.81. The van der Waals surface area contributed by atoms with Crippen molar-refractivity contribution in [2.24, 2.45) is 11.1 Å². The lowest BCUT2D eigenvalue weighted by Gasteiger charge is -2.11. The molecule has 0 spiro atoms. The van der Waals surface area contributed by atoms with E-state index in [9.17, 15) is 13.2 Å². The van der Waals surface area contributed by atoms with Gasteiger partial charge in [-0.05, 0) is 24.1 Å². The van der Waals surface area contributed by atoms with Crippen LogP contribution in [0.15, 0.2) is 27.6 Å². The lowest BCUT2D eigenvalue weighted by atomic mass is 10.1. The Morgan fingerprint density at radius 2 is 2.06 bits per heavy atom. The van der Waals surface area contributed by atoms with Gasteiger partial charge in [-0.3, -0.25) is 4.79 Å². The number of hydrogen-bond acceptors (Lipinski definition) is 3. The number of nitrogens with one attached hydrogen (secondary N) is 1. The van der Waals surface area contributed by atoms with Gasteiger partial charge in [0.25, 0.3) is 0 Å². The van der Waals surface area contributed by atoms with Crippen LogP contribution in [0.4, 0.5) is 5.69 Å². The molecule has 0 unspecified atom stereocenters. The van der Waals surface area contributed by atoms with Crippen LogP contribution in [-0.4, -0.2) is 14.3 Å². The first-order valence-electron chi connectivity index (χ1n) is 5.32. The van der Waals surface area contributed by atoms with Crippen LogP contribution in [0.5, 0.6) is 0 Å². The van der Waals surface area contributed by atoms with Crippen LogP contribution < -0.4 is 10.5 Å². The Morgan fingerprint density at radius 3 is 2.56 bits per heavy atom. The van der Waals surface area contributed by atoms with Crippen molar-refractivity contribution in [3.63, 3.8) is 0 Å². The summed E-state index contributed by atoms with van der Waals surface area (Å²) >= 11 is 3.16. The summed E-state index contributed by atoms with van der Waals surface area (Å²) < 4.78 is 23.4. The van der Waals surface area contributed by atoms with Gasteiger partial charge in [-0.25, -0.2) is 13.6 Å². The number of anilines is 1. The van der Waals surface area contributed by atoms with Crippen LogP contribution in [-0.2, 0) is 14.8 Å². The molecule has 100 valence electrons. The maximum absolute atomic E-state index is 11.6. The normalized spacial score (nSPS) is 11.6. The molecule has 3 N–H and O–H groups in total. The monoisotopic (exact) mass is 334 g/mol. The van der Waals surface area contributed by atoms with Gasteiger partial charge in [0.1, 0.15) is 4.90 Å². The van der Waals surface area contributed by atoms with E-state index in [-0.39, 0.29) is 22.4 Å². The molecule has 0 aliphatic rings. The van der Waals surface area contributed by atoms with Crippen molar-refractivity contribution in [3.8, 4) is 0 Å². The minimum atomic E-state index is -3.87. The number of carbonyl (C=O) groups is 1. The highest BCUT2D eigenvalue weighted by atomic mass is 79.9. The highest BCUT2D eigenvalue weighted by Crippen LogP contribution is 2.24. The second-order valence-electron chi connectivity index (χ2n) is 4.33. The number of benzene rings is 1. The molecule has 0 saturated carbocycles. The second kappa shape index (κ2) is 5.81. The fourth-order valence-electron chi connectivity index (χ4n) is 1.41. The molecule has 0 bridgehead atoms. The zero-order valence-electron chi connectivity index (χ0n) is 10.1. The molecule has 0 heterocycles. The third-order valence-electron chi connectivity index (χ3n) is 2.12. The van der Waals surface area contributed by atoms with Gasteiger partial charge in [-0.2, -0.15) is 0 Å².